The molecule has 0 bridgehead atoms. The maximum absolute atomic E-state index is 12.0. The molecule has 0 amide bonds. The molecule has 0 aromatic rings. The number of aliphatic hydroxyl groups is 1. The summed E-state index contributed by atoms with van der Waals surface area (Å²) in [4.78, 5) is 14.7. The molecule has 1 atom stereocenters. The summed E-state index contributed by atoms with van der Waals surface area (Å²) in [5.74, 6) is -0.00828. The van der Waals surface area contributed by atoms with Gasteiger partial charge in [-0.05, 0) is 70.9 Å². The second-order valence-corrected chi connectivity index (χ2v) is 15.9. The number of hydrogen-bond donors (Lipinski definition) is 1. The fraction of sp³-hybridized carbons (Fsp3) is 0.978. The SMILES string of the molecule is CCCCCCCCCOC(=O)CCCCCCCN(CCCCCCCC(O)OC(CCCCCCCC)CCCCCCCC)CCCOC. The van der Waals surface area contributed by atoms with Crippen molar-refractivity contribution in [1.82, 2.24) is 4.90 Å². The number of methoxy groups -OCH3 is 1. The van der Waals surface area contributed by atoms with Crippen LogP contribution in [0, 0.1) is 0 Å². The number of esters is 1. The Hall–Kier alpha value is -0.690. The summed E-state index contributed by atoms with van der Waals surface area (Å²) in [5, 5.41) is 10.7. The summed E-state index contributed by atoms with van der Waals surface area (Å²) < 4.78 is 17.0. The van der Waals surface area contributed by atoms with Gasteiger partial charge in [0.25, 0.3) is 0 Å². The molecular formula is C46H93NO5. The Balaban J connectivity index is 4.09. The monoisotopic (exact) mass is 740 g/mol. The van der Waals surface area contributed by atoms with E-state index in [1.807, 2.05) is 0 Å². The van der Waals surface area contributed by atoms with Gasteiger partial charge in [-0.1, -0.05) is 175 Å². The largest absolute Gasteiger partial charge is 0.466 e. The van der Waals surface area contributed by atoms with Gasteiger partial charge < -0.3 is 24.2 Å². The molecule has 0 aliphatic rings. The van der Waals surface area contributed by atoms with Crippen molar-refractivity contribution in [2.75, 3.05) is 40.0 Å². The Morgan fingerprint density at radius 3 is 1.38 bits per heavy atom. The molecule has 1 unspecified atom stereocenters. The number of unbranched alkanes of at least 4 members (excludes halogenated alkanes) is 24. The smallest absolute Gasteiger partial charge is 0.305 e. The zero-order valence-corrected chi connectivity index (χ0v) is 35.8. The van der Waals surface area contributed by atoms with Crippen LogP contribution in [0.25, 0.3) is 0 Å². The first-order chi connectivity index (χ1) is 25.6. The average Bonchev–Trinajstić information content (AvgIpc) is 3.14. The fourth-order valence-electron chi connectivity index (χ4n) is 7.28. The molecule has 0 aliphatic carbocycles. The van der Waals surface area contributed by atoms with Crippen LogP contribution in [0.5, 0.6) is 0 Å². The summed E-state index contributed by atoms with van der Waals surface area (Å²) in [7, 11) is 1.79. The van der Waals surface area contributed by atoms with E-state index in [2.05, 4.69) is 25.7 Å². The number of ether oxygens (including phenoxy) is 3. The Morgan fingerprint density at radius 1 is 0.481 bits per heavy atom. The highest BCUT2D eigenvalue weighted by atomic mass is 16.6. The van der Waals surface area contributed by atoms with E-state index in [0.717, 1.165) is 71.1 Å². The normalized spacial score (nSPS) is 12.4. The first kappa shape index (κ1) is 51.3. The molecule has 312 valence electrons. The Bertz CT molecular complexity index is 676. The van der Waals surface area contributed by atoms with Crippen molar-refractivity contribution in [3.8, 4) is 0 Å². The molecule has 0 saturated carbocycles. The zero-order chi connectivity index (χ0) is 38.0. The van der Waals surface area contributed by atoms with E-state index in [-0.39, 0.29) is 12.1 Å². The van der Waals surface area contributed by atoms with Crippen molar-refractivity contribution < 1.29 is 24.1 Å². The fourth-order valence-corrected chi connectivity index (χ4v) is 7.28. The number of aliphatic hydroxyl groups excluding tert-OH is 1. The molecular weight excluding hydrogens is 647 g/mol. The first-order valence-electron chi connectivity index (χ1n) is 23.3. The van der Waals surface area contributed by atoms with Crippen LogP contribution in [0.1, 0.15) is 239 Å². The summed E-state index contributed by atoms with van der Waals surface area (Å²) >= 11 is 0. The number of rotatable bonds is 44. The maximum atomic E-state index is 12.0. The van der Waals surface area contributed by atoms with E-state index in [0.29, 0.717) is 13.0 Å². The summed E-state index contributed by atoms with van der Waals surface area (Å²) in [6.07, 6.45) is 40.5. The van der Waals surface area contributed by atoms with Crippen LogP contribution >= 0.6 is 0 Å². The van der Waals surface area contributed by atoms with Gasteiger partial charge >= 0.3 is 5.97 Å². The molecule has 0 aliphatic heterocycles. The molecule has 0 aromatic carbocycles. The van der Waals surface area contributed by atoms with Crippen molar-refractivity contribution in [1.29, 1.82) is 0 Å². The molecule has 0 spiro atoms. The Kier molecular flexibility index (Phi) is 42.5. The third kappa shape index (κ3) is 39.0. The third-order valence-electron chi connectivity index (χ3n) is 10.7. The van der Waals surface area contributed by atoms with E-state index < -0.39 is 6.29 Å². The predicted octanol–water partition coefficient (Wildman–Crippen LogP) is 13.5. The molecule has 6 heteroatoms. The second kappa shape index (κ2) is 43.0. The highest BCUT2D eigenvalue weighted by Gasteiger charge is 2.15. The van der Waals surface area contributed by atoms with E-state index >= 15 is 0 Å². The molecule has 1 N–H and O–H groups in total. The highest BCUT2D eigenvalue weighted by molar-refractivity contribution is 5.69. The van der Waals surface area contributed by atoms with E-state index in [4.69, 9.17) is 14.2 Å². The van der Waals surface area contributed by atoms with Gasteiger partial charge in [-0.25, -0.2) is 0 Å². The van der Waals surface area contributed by atoms with Crippen LogP contribution < -0.4 is 0 Å². The van der Waals surface area contributed by atoms with Crippen LogP contribution in [0.4, 0.5) is 0 Å². The number of carbonyl (C=O) groups is 1. The number of hydrogen-bond acceptors (Lipinski definition) is 6. The molecule has 0 aromatic heterocycles. The van der Waals surface area contributed by atoms with E-state index in [9.17, 15) is 9.90 Å². The molecule has 6 nitrogen and oxygen atoms in total. The highest BCUT2D eigenvalue weighted by Crippen LogP contribution is 2.20. The minimum absolute atomic E-state index is 0.00828. The minimum atomic E-state index is -0.602. The molecule has 0 rings (SSSR count). The maximum Gasteiger partial charge on any atom is 0.305 e. The Morgan fingerprint density at radius 2 is 0.885 bits per heavy atom. The quantitative estimate of drug-likeness (QED) is 0.0381. The van der Waals surface area contributed by atoms with Crippen LogP contribution in [-0.2, 0) is 19.0 Å². The molecule has 0 saturated heterocycles. The van der Waals surface area contributed by atoms with Crippen molar-refractivity contribution in [3.63, 3.8) is 0 Å². The second-order valence-electron chi connectivity index (χ2n) is 15.9. The van der Waals surface area contributed by atoms with Gasteiger partial charge in [0, 0.05) is 26.7 Å². The first-order valence-corrected chi connectivity index (χ1v) is 23.3. The number of carbonyl (C=O) groups excluding carboxylic acids is 1. The lowest BCUT2D eigenvalue weighted by molar-refractivity contribution is -0.144. The average molecular weight is 740 g/mol. The van der Waals surface area contributed by atoms with Crippen LogP contribution in [0.15, 0.2) is 0 Å². The van der Waals surface area contributed by atoms with Crippen LogP contribution in [0.2, 0.25) is 0 Å². The van der Waals surface area contributed by atoms with Gasteiger partial charge in [-0.15, -0.1) is 0 Å². The summed E-state index contributed by atoms with van der Waals surface area (Å²) in [5.41, 5.74) is 0. The van der Waals surface area contributed by atoms with Gasteiger partial charge in [0.2, 0.25) is 0 Å². The van der Waals surface area contributed by atoms with Gasteiger partial charge in [-0.2, -0.15) is 0 Å². The zero-order valence-electron chi connectivity index (χ0n) is 35.8. The summed E-state index contributed by atoms with van der Waals surface area (Å²) in [6.45, 7) is 11.7. The van der Waals surface area contributed by atoms with Crippen molar-refractivity contribution >= 4 is 5.97 Å². The van der Waals surface area contributed by atoms with Crippen molar-refractivity contribution in [2.45, 2.75) is 251 Å². The van der Waals surface area contributed by atoms with Crippen molar-refractivity contribution in [3.05, 3.63) is 0 Å². The molecule has 0 heterocycles. The molecule has 0 fully saturated rings. The van der Waals surface area contributed by atoms with Gasteiger partial charge in [0.1, 0.15) is 0 Å². The van der Waals surface area contributed by atoms with Crippen LogP contribution in [0.3, 0.4) is 0 Å². The standard InChI is InChI=1S/C46H93NO5/c1-5-8-11-14-17-26-33-43-51-45(48)37-29-22-18-24-31-39-47(41-34-42-50-4)40-32-25-19-23-30-38-46(49)52-44(35-27-20-15-12-9-6-2)36-28-21-16-13-10-7-3/h44,46,49H,5-43H2,1-4H3. The molecule has 52 heavy (non-hydrogen) atoms. The predicted molar refractivity (Wildman–Crippen MR) is 224 cm³/mol. The van der Waals surface area contributed by atoms with Crippen molar-refractivity contribution in [2.24, 2.45) is 0 Å². The van der Waals surface area contributed by atoms with Gasteiger partial charge in [0.15, 0.2) is 6.29 Å². The summed E-state index contributed by atoms with van der Waals surface area (Å²) in [6, 6.07) is 0. The third-order valence-corrected chi connectivity index (χ3v) is 10.7. The number of nitrogens with zero attached hydrogens (tertiary/aromatic N) is 1. The van der Waals surface area contributed by atoms with Crippen LogP contribution in [-0.4, -0.2) is 68.3 Å². The lowest BCUT2D eigenvalue weighted by Crippen LogP contribution is -2.28. The molecule has 0 radical (unpaired) electrons. The lowest BCUT2D eigenvalue weighted by atomic mass is 10.0. The minimum Gasteiger partial charge on any atom is -0.466 e. The van der Waals surface area contributed by atoms with Gasteiger partial charge in [-0.3, -0.25) is 4.79 Å². The van der Waals surface area contributed by atoms with E-state index in [1.165, 1.54) is 167 Å². The van der Waals surface area contributed by atoms with E-state index in [1.54, 1.807) is 7.11 Å². The Labute approximate surface area is 325 Å². The van der Waals surface area contributed by atoms with Gasteiger partial charge in [0.05, 0.1) is 12.7 Å². The lowest BCUT2D eigenvalue weighted by Gasteiger charge is -2.22. The topological polar surface area (TPSA) is 68.2 Å².